The number of nitrogens with one attached hydrogen (secondary N) is 2. The van der Waals surface area contributed by atoms with Crippen LogP contribution >= 0.6 is 0 Å². The maximum absolute atomic E-state index is 6.89. The third kappa shape index (κ3) is 3.78. The lowest BCUT2D eigenvalue weighted by atomic mass is 9.65. The van der Waals surface area contributed by atoms with Crippen LogP contribution in [0.4, 0.5) is 0 Å². The lowest BCUT2D eigenvalue weighted by molar-refractivity contribution is 0.00731. The number of aromatic nitrogens is 2. The summed E-state index contributed by atoms with van der Waals surface area (Å²) in [6.07, 6.45) is 4.14. The summed E-state index contributed by atoms with van der Waals surface area (Å²) in [5.41, 5.74) is 12.1. The molecule has 1 saturated carbocycles. The van der Waals surface area contributed by atoms with Gasteiger partial charge in [0.25, 0.3) is 0 Å². The van der Waals surface area contributed by atoms with E-state index in [0.717, 1.165) is 37.2 Å². The van der Waals surface area contributed by atoms with Crippen LogP contribution in [-0.2, 0) is 0 Å². The van der Waals surface area contributed by atoms with E-state index in [9.17, 15) is 0 Å². The number of H-pyrrole nitrogens is 2. The molecule has 1 aliphatic carbocycles. The second-order valence-electron chi connectivity index (χ2n) is 15.3. The molecule has 6 aromatic rings. The highest BCUT2D eigenvalue weighted by Gasteiger charge is 2.47. The fourth-order valence-corrected chi connectivity index (χ4v) is 9.39. The molecule has 3 aliphatic rings. The highest BCUT2D eigenvalue weighted by Crippen LogP contribution is 2.57. The van der Waals surface area contributed by atoms with E-state index in [4.69, 9.17) is 9.47 Å². The quantitative estimate of drug-likeness (QED) is 0.196. The zero-order chi connectivity index (χ0) is 31.0. The SMILES string of the molecule is C=C(C)C1CCC2(C)CC1c1c(c(C)cc3c1[nH]c1c(C4CC(C)(C)Oc5c(C)cc6c([nH]c7ccccc76)c54)cccc13)O2. The molecule has 4 aromatic carbocycles. The van der Waals surface area contributed by atoms with Gasteiger partial charge in [-0.15, -0.1) is 0 Å². The summed E-state index contributed by atoms with van der Waals surface area (Å²) in [5, 5.41) is 5.12. The zero-order valence-electron chi connectivity index (χ0n) is 27.3. The van der Waals surface area contributed by atoms with Crippen LogP contribution in [-0.4, -0.2) is 21.2 Å². The second kappa shape index (κ2) is 8.96. The summed E-state index contributed by atoms with van der Waals surface area (Å²) in [7, 11) is 0. The molecular formula is C41H42N2O2. The predicted molar refractivity (Wildman–Crippen MR) is 186 cm³/mol. The van der Waals surface area contributed by atoms with Crippen molar-refractivity contribution in [2.24, 2.45) is 5.92 Å². The fraction of sp³-hybridized carbons (Fsp3) is 0.366. The Morgan fingerprint density at radius 2 is 1.47 bits per heavy atom. The average Bonchev–Trinajstić information content (AvgIpc) is 3.54. The summed E-state index contributed by atoms with van der Waals surface area (Å²) < 4.78 is 13.7. The first-order valence-electron chi connectivity index (χ1n) is 16.7. The first-order valence-corrected chi connectivity index (χ1v) is 16.7. The Morgan fingerprint density at radius 1 is 0.778 bits per heavy atom. The predicted octanol–water partition coefficient (Wildman–Crippen LogP) is 10.9. The summed E-state index contributed by atoms with van der Waals surface area (Å²) in [4.78, 5) is 7.87. The van der Waals surface area contributed by atoms with Crippen molar-refractivity contribution >= 4 is 43.6 Å². The van der Waals surface area contributed by atoms with E-state index in [1.807, 2.05) is 0 Å². The number of hydrogen-bond donors (Lipinski definition) is 2. The summed E-state index contributed by atoms with van der Waals surface area (Å²) in [6, 6.07) is 20.2. The highest BCUT2D eigenvalue weighted by atomic mass is 16.5. The molecule has 0 saturated heterocycles. The number of ether oxygens (including phenoxy) is 2. The fourth-order valence-electron chi connectivity index (χ4n) is 9.39. The Kier molecular flexibility index (Phi) is 5.41. The molecule has 0 radical (unpaired) electrons. The van der Waals surface area contributed by atoms with Crippen LogP contribution in [0.5, 0.6) is 11.5 Å². The van der Waals surface area contributed by atoms with Crippen molar-refractivity contribution in [1.82, 2.24) is 9.97 Å². The molecule has 0 amide bonds. The van der Waals surface area contributed by atoms with Gasteiger partial charge in [-0.2, -0.15) is 0 Å². The number of fused-ring (bicyclic) bond motifs is 13. The average molecular weight is 595 g/mol. The van der Waals surface area contributed by atoms with Gasteiger partial charge in [-0.1, -0.05) is 48.6 Å². The molecule has 4 nitrogen and oxygen atoms in total. The van der Waals surface area contributed by atoms with Gasteiger partial charge < -0.3 is 19.4 Å². The minimum atomic E-state index is -0.304. The van der Waals surface area contributed by atoms with Crippen LogP contribution in [0.3, 0.4) is 0 Å². The molecule has 1 fully saturated rings. The van der Waals surface area contributed by atoms with Gasteiger partial charge in [-0.05, 0) is 114 Å². The van der Waals surface area contributed by atoms with Crippen LogP contribution in [0, 0.1) is 19.8 Å². The van der Waals surface area contributed by atoms with Crippen molar-refractivity contribution in [3.8, 4) is 11.5 Å². The van der Waals surface area contributed by atoms with Gasteiger partial charge in [0.05, 0.1) is 16.6 Å². The maximum Gasteiger partial charge on any atom is 0.128 e. The van der Waals surface area contributed by atoms with E-state index in [2.05, 4.69) is 113 Å². The molecule has 9 rings (SSSR count). The zero-order valence-corrected chi connectivity index (χ0v) is 27.3. The van der Waals surface area contributed by atoms with E-state index < -0.39 is 0 Å². The first-order chi connectivity index (χ1) is 21.5. The van der Waals surface area contributed by atoms with Gasteiger partial charge in [0.1, 0.15) is 22.7 Å². The third-order valence-corrected chi connectivity index (χ3v) is 11.4. The normalized spacial score (nSPS) is 25.2. The van der Waals surface area contributed by atoms with Crippen molar-refractivity contribution in [2.45, 2.75) is 90.3 Å². The number of hydrogen-bond acceptors (Lipinski definition) is 2. The van der Waals surface area contributed by atoms with E-state index in [0.29, 0.717) is 11.8 Å². The molecule has 4 unspecified atom stereocenters. The first kappa shape index (κ1) is 27.2. The molecule has 2 aliphatic heterocycles. The van der Waals surface area contributed by atoms with Gasteiger partial charge in [0.15, 0.2) is 0 Å². The summed E-state index contributed by atoms with van der Waals surface area (Å²) >= 11 is 0. The van der Waals surface area contributed by atoms with Crippen molar-refractivity contribution in [1.29, 1.82) is 0 Å². The number of allylic oxidation sites excluding steroid dienone is 1. The second-order valence-corrected chi connectivity index (χ2v) is 15.3. The lowest BCUT2D eigenvalue weighted by Crippen LogP contribution is -2.44. The van der Waals surface area contributed by atoms with Gasteiger partial charge in [0, 0.05) is 44.1 Å². The molecule has 4 atom stereocenters. The molecule has 2 bridgehead atoms. The molecule has 2 N–H and O–H groups in total. The van der Waals surface area contributed by atoms with Crippen LogP contribution in [0.1, 0.15) is 93.0 Å². The largest absolute Gasteiger partial charge is 0.487 e. The van der Waals surface area contributed by atoms with Crippen LogP contribution in [0.2, 0.25) is 0 Å². The Balaban J connectivity index is 1.33. The number of rotatable bonds is 2. The van der Waals surface area contributed by atoms with Gasteiger partial charge in [-0.3, -0.25) is 0 Å². The van der Waals surface area contributed by atoms with Gasteiger partial charge in [0.2, 0.25) is 0 Å². The Hall–Kier alpha value is -4.18. The van der Waals surface area contributed by atoms with Crippen LogP contribution in [0.25, 0.3) is 43.6 Å². The minimum absolute atomic E-state index is 0.112. The topological polar surface area (TPSA) is 50.0 Å². The van der Waals surface area contributed by atoms with Gasteiger partial charge >= 0.3 is 0 Å². The molecule has 45 heavy (non-hydrogen) atoms. The molecule has 228 valence electrons. The Morgan fingerprint density at radius 3 is 2.24 bits per heavy atom. The van der Waals surface area contributed by atoms with Crippen molar-refractivity contribution in [3.63, 3.8) is 0 Å². The van der Waals surface area contributed by atoms with Crippen molar-refractivity contribution in [3.05, 3.63) is 94.6 Å². The monoisotopic (exact) mass is 594 g/mol. The molecular weight excluding hydrogens is 552 g/mol. The number of para-hydroxylation sites is 2. The third-order valence-electron chi connectivity index (χ3n) is 11.4. The highest BCUT2D eigenvalue weighted by molar-refractivity contribution is 6.12. The number of aromatic amines is 2. The Labute approximate surface area is 264 Å². The van der Waals surface area contributed by atoms with Crippen LogP contribution < -0.4 is 9.47 Å². The molecule has 4 heteroatoms. The van der Waals surface area contributed by atoms with E-state index in [1.165, 1.54) is 77.0 Å². The summed E-state index contributed by atoms with van der Waals surface area (Å²) in [5.74, 6) is 3.15. The maximum atomic E-state index is 6.89. The molecule has 2 aromatic heterocycles. The van der Waals surface area contributed by atoms with E-state index >= 15 is 0 Å². The smallest absolute Gasteiger partial charge is 0.128 e. The number of aryl methyl sites for hydroxylation is 2. The summed E-state index contributed by atoms with van der Waals surface area (Å²) in [6.45, 7) is 17.9. The van der Waals surface area contributed by atoms with Crippen molar-refractivity contribution in [2.75, 3.05) is 0 Å². The van der Waals surface area contributed by atoms with E-state index in [-0.39, 0.29) is 17.1 Å². The van der Waals surface area contributed by atoms with Gasteiger partial charge in [-0.25, -0.2) is 0 Å². The standard InChI is InChI=1S/C41H42N2O2/c1-21(2)24-15-16-41(7)20-31(24)34-37-29(18-23(4)39(34)45-41)26-12-10-13-27(35(26)43-37)30-19-40(5,6)44-38-22(3)17-28-25-11-8-9-14-32(25)42-36(28)33(30)38/h8-14,17-18,24,30-31,42-43H,1,15-16,19-20H2,2-7H3. The Bertz CT molecular complexity index is 2250. The molecule has 0 spiro atoms. The van der Waals surface area contributed by atoms with Crippen LogP contribution in [0.15, 0.2) is 66.7 Å². The van der Waals surface area contributed by atoms with Crippen molar-refractivity contribution < 1.29 is 9.47 Å². The van der Waals surface area contributed by atoms with E-state index in [1.54, 1.807) is 0 Å². The molecule has 4 heterocycles. The number of benzene rings is 4. The lowest BCUT2D eigenvalue weighted by Gasteiger charge is -2.48. The minimum Gasteiger partial charge on any atom is -0.487 e.